The summed E-state index contributed by atoms with van der Waals surface area (Å²) >= 11 is 0. The molecule has 3 aliphatic rings. The van der Waals surface area contributed by atoms with Crippen LogP contribution in [0.3, 0.4) is 0 Å². The Morgan fingerprint density at radius 1 is 1.06 bits per heavy atom. The summed E-state index contributed by atoms with van der Waals surface area (Å²) in [5.41, 5.74) is 0. The molecule has 0 amide bonds. The van der Waals surface area contributed by atoms with E-state index in [0.29, 0.717) is 18.2 Å². The van der Waals surface area contributed by atoms with E-state index in [0.717, 1.165) is 18.6 Å². The summed E-state index contributed by atoms with van der Waals surface area (Å²) in [4.78, 5) is 2.68. The Kier molecular flexibility index (Phi) is 2.94. The van der Waals surface area contributed by atoms with Crippen LogP contribution in [-0.2, 0) is 4.74 Å². The lowest BCUT2D eigenvalue weighted by Crippen LogP contribution is -2.45. The number of hydrogen-bond acceptors (Lipinski definition) is 3. The molecule has 3 nitrogen and oxygen atoms in total. The fourth-order valence-electron chi connectivity index (χ4n) is 3.18. The van der Waals surface area contributed by atoms with Gasteiger partial charge in [0.05, 0.1) is 6.10 Å². The third-order valence-corrected chi connectivity index (χ3v) is 4.51. The molecule has 4 atom stereocenters. The van der Waals surface area contributed by atoms with Gasteiger partial charge in [-0.1, -0.05) is 6.92 Å². The van der Waals surface area contributed by atoms with E-state index >= 15 is 0 Å². The number of nitrogens with zero attached hydrogens (tertiary/aromatic N) is 1. The van der Waals surface area contributed by atoms with E-state index in [9.17, 15) is 0 Å². The van der Waals surface area contributed by atoms with Crippen LogP contribution in [0.2, 0.25) is 0 Å². The molecule has 3 fully saturated rings. The van der Waals surface area contributed by atoms with Gasteiger partial charge in [0.1, 0.15) is 0 Å². The lowest BCUT2D eigenvalue weighted by atomic mass is 10.0. The number of hydrogen-bond donors (Lipinski definition) is 1. The number of rotatable bonds is 3. The Morgan fingerprint density at radius 2 is 1.88 bits per heavy atom. The van der Waals surface area contributed by atoms with Crippen molar-refractivity contribution in [1.29, 1.82) is 0 Å². The first-order valence-electron chi connectivity index (χ1n) is 6.85. The van der Waals surface area contributed by atoms with Gasteiger partial charge in [-0.25, -0.2) is 0 Å². The van der Waals surface area contributed by atoms with Crippen molar-refractivity contribution in [3.8, 4) is 0 Å². The third-order valence-electron chi connectivity index (χ3n) is 4.51. The molecule has 2 heterocycles. The Balaban J connectivity index is 1.54. The second kappa shape index (κ2) is 4.28. The minimum absolute atomic E-state index is 0.405. The van der Waals surface area contributed by atoms with Crippen molar-refractivity contribution in [2.24, 2.45) is 5.92 Å². The molecular weight excluding hydrogens is 200 g/mol. The quantitative estimate of drug-likeness (QED) is 0.780. The third kappa shape index (κ3) is 2.13. The van der Waals surface area contributed by atoms with Gasteiger partial charge in [-0.05, 0) is 32.1 Å². The van der Waals surface area contributed by atoms with Crippen molar-refractivity contribution in [1.82, 2.24) is 10.2 Å². The monoisotopic (exact) mass is 224 g/mol. The van der Waals surface area contributed by atoms with E-state index in [-0.39, 0.29) is 0 Å². The van der Waals surface area contributed by atoms with E-state index in [1.165, 1.54) is 32.4 Å². The molecule has 0 bridgehead atoms. The highest BCUT2D eigenvalue weighted by Gasteiger charge is 2.39. The second-order valence-corrected chi connectivity index (χ2v) is 5.91. The Hall–Kier alpha value is -0.120. The summed E-state index contributed by atoms with van der Waals surface area (Å²) in [5.74, 6) is 0.799. The molecule has 0 aromatic carbocycles. The zero-order chi connectivity index (χ0) is 11.1. The van der Waals surface area contributed by atoms with Crippen molar-refractivity contribution >= 4 is 0 Å². The predicted octanol–water partition coefficient (Wildman–Crippen LogP) is 1.24. The molecule has 0 aromatic heterocycles. The van der Waals surface area contributed by atoms with Gasteiger partial charge in [0.2, 0.25) is 0 Å². The summed E-state index contributed by atoms with van der Waals surface area (Å²) in [7, 11) is 0. The minimum atomic E-state index is 0.405. The maximum Gasteiger partial charge on any atom is 0.0700 e. The minimum Gasteiger partial charge on any atom is -0.377 e. The van der Waals surface area contributed by atoms with Crippen LogP contribution >= 0.6 is 0 Å². The largest absolute Gasteiger partial charge is 0.377 e. The maximum atomic E-state index is 5.62. The molecule has 1 aliphatic carbocycles. The highest BCUT2D eigenvalue weighted by Crippen LogP contribution is 2.32. The van der Waals surface area contributed by atoms with E-state index in [1.54, 1.807) is 0 Å². The van der Waals surface area contributed by atoms with E-state index < -0.39 is 0 Å². The van der Waals surface area contributed by atoms with Gasteiger partial charge in [-0.15, -0.1) is 0 Å². The van der Waals surface area contributed by atoms with Crippen LogP contribution in [0.15, 0.2) is 0 Å². The van der Waals surface area contributed by atoms with Crippen molar-refractivity contribution in [2.75, 3.05) is 19.7 Å². The van der Waals surface area contributed by atoms with Crippen LogP contribution in [-0.4, -0.2) is 48.8 Å². The van der Waals surface area contributed by atoms with Gasteiger partial charge in [-0.2, -0.15) is 0 Å². The van der Waals surface area contributed by atoms with Gasteiger partial charge >= 0.3 is 0 Å². The highest BCUT2D eigenvalue weighted by atomic mass is 16.5. The second-order valence-electron chi connectivity index (χ2n) is 5.91. The van der Waals surface area contributed by atoms with E-state index in [2.05, 4.69) is 24.1 Å². The summed E-state index contributed by atoms with van der Waals surface area (Å²) < 4.78 is 5.62. The van der Waals surface area contributed by atoms with E-state index in [1.807, 2.05) is 0 Å². The molecule has 1 saturated carbocycles. The summed E-state index contributed by atoms with van der Waals surface area (Å²) in [6.07, 6.45) is 4.46. The molecule has 1 N–H and O–H groups in total. The van der Waals surface area contributed by atoms with Crippen LogP contribution in [0.25, 0.3) is 0 Å². The summed E-state index contributed by atoms with van der Waals surface area (Å²) in [5, 5.41) is 3.82. The molecule has 3 rings (SSSR count). The zero-order valence-corrected chi connectivity index (χ0v) is 10.5. The van der Waals surface area contributed by atoms with Gasteiger partial charge in [0.15, 0.2) is 0 Å². The smallest absolute Gasteiger partial charge is 0.0700 e. The average molecular weight is 224 g/mol. The zero-order valence-electron chi connectivity index (χ0n) is 10.5. The van der Waals surface area contributed by atoms with Crippen molar-refractivity contribution in [3.05, 3.63) is 0 Å². The van der Waals surface area contributed by atoms with Gasteiger partial charge < -0.3 is 10.1 Å². The van der Waals surface area contributed by atoms with Crippen LogP contribution in [0.5, 0.6) is 0 Å². The van der Waals surface area contributed by atoms with Crippen molar-refractivity contribution < 1.29 is 4.74 Å². The highest BCUT2D eigenvalue weighted by molar-refractivity contribution is 4.96. The molecule has 3 heteroatoms. The fourth-order valence-corrected chi connectivity index (χ4v) is 3.18. The molecule has 2 aliphatic heterocycles. The van der Waals surface area contributed by atoms with Gasteiger partial charge in [-0.3, -0.25) is 4.90 Å². The van der Waals surface area contributed by atoms with Crippen LogP contribution in [0, 0.1) is 5.92 Å². The first-order chi connectivity index (χ1) is 7.74. The van der Waals surface area contributed by atoms with Crippen molar-refractivity contribution in [2.45, 2.75) is 57.3 Å². The average Bonchev–Trinajstić information content (AvgIpc) is 2.94. The Morgan fingerprint density at radius 3 is 2.50 bits per heavy atom. The maximum absolute atomic E-state index is 5.62. The Bertz CT molecular complexity index is 254. The molecule has 4 unspecified atom stereocenters. The standard InChI is InChI=1S/C13H24N2O/c1-9-7-15(11-3-4-11)8-13(9)14-12-5-6-16-10(12)2/h9-14H,3-8H2,1-2H3. The molecule has 0 radical (unpaired) electrons. The van der Waals surface area contributed by atoms with Gasteiger partial charge in [0.25, 0.3) is 0 Å². The lowest BCUT2D eigenvalue weighted by molar-refractivity contribution is 0.110. The number of likely N-dealkylation sites (tertiary alicyclic amines) is 1. The van der Waals surface area contributed by atoms with Crippen LogP contribution < -0.4 is 5.32 Å². The molecule has 2 saturated heterocycles. The van der Waals surface area contributed by atoms with Crippen LogP contribution in [0.1, 0.15) is 33.1 Å². The SMILES string of the molecule is CC1CN(C2CC2)CC1NC1CCOC1C. The molecule has 0 spiro atoms. The molecule has 92 valence electrons. The Labute approximate surface area is 98.5 Å². The first kappa shape index (κ1) is 11.0. The summed E-state index contributed by atoms with van der Waals surface area (Å²) in [6, 6.07) is 2.20. The fraction of sp³-hybridized carbons (Fsp3) is 1.00. The topological polar surface area (TPSA) is 24.5 Å². The number of ether oxygens (including phenoxy) is 1. The van der Waals surface area contributed by atoms with Gasteiger partial charge in [0, 0.05) is 37.8 Å². The van der Waals surface area contributed by atoms with Crippen LogP contribution in [0.4, 0.5) is 0 Å². The normalized spacial score (nSPS) is 45.4. The van der Waals surface area contributed by atoms with E-state index in [4.69, 9.17) is 4.74 Å². The predicted molar refractivity (Wildman–Crippen MR) is 64.5 cm³/mol. The van der Waals surface area contributed by atoms with Crippen molar-refractivity contribution in [3.63, 3.8) is 0 Å². The molecular formula is C13H24N2O. The summed E-state index contributed by atoms with van der Waals surface area (Å²) in [6.45, 7) is 8.08. The molecule has 0 aromatic rings. The lowest BCUT2D eigenvalue weighted by Gasteiger charge is -2.23. The first-order valence-corrected chi connectivity index (χ1v) is 6.85. The number of nitrogens with one attached hydrogen (secondary N) is 1. The molecule has 16 heavy (non-hydrogen) atoms.